The fourth-order valence-electron chi connectivity index (χ4n) is 3.48. The maximum absolute atomic E-state index is 13.2. The predicted molar refractivity (Wildman–Crippen MR) is 102 cm³/mol. The van der Waals surface area contributed by atoms with Gasteiger partial charge in [0, 0.05) is 6.07 Å². The lowest BCUT2D eigenvalue weighted by molar-refractivity contribution is 0.467. The van der Waals surface area contributed by atoms with Crippen molar-refractivity contribution in [2.75, 3.05) is 0 Å². The normalized spacial score (nSPS) is 12.0. The van der Waals surface area contributed by atoms with Crippen LogP contribution in [0.2, 0.25) is 0 Å². The Morgan fingerprint density at radius 1 is 1.20 bits per heavy atom. The molecule has 1 N–H and O–H groups in total. The highest BCUT2D eigenvalue weighted by molar-refractivity contribution is 7.24. The third-order valence-corrected chi connectivity index (χ3v) is 5.81. The number of hydrogen-bond donors (Lipinski definition) is 1. The van der Waals surface area contributed by atoms with Crippen LogP contribution >= 0.6 is 11.3 Å². The van der Waals surface area contributed by atoms with Gasteiger partial charge >= 0.3 is 0 Å². The first-order chi connectivity index (χ1) is 12.2. The lowest BCUT2D eigenvalue weighted by Gasteiger charge is -2.05. The minimum Gasteiger partial charge on any atom is -0.508 e. The summed E-state index contributed by atoms with van der Waals surface area (Å²) in [7, 11) is 0. The van der Waals surface area contributed by atoms with Gasteiger partial charge in [-0.05, 0) is 30.2 Å². The standard InChI is InChI=1S/C20H15NO3S/c1-2-5-11-8-12-15(9-14(11)22)24-16-10-21-13-6-3-4-7-17(13)25-20(21)18(16)19(12)23/h3-4,6-10,22H,2,5H2,1H3. The highest BCUT2D eigenvalue weighted by atomic mass is 32.1. The van der Waals surface area contributed by atoms with E-state index in [2.05, 4.69) is 6.07 Å². The Labute approximate surface area is 146 Å². The molecule has 5 rings (SSSR count). The summed E-state index contributed by atoms with van der Waals surface area (Å²) in [6, 6.07) is 11.4. The molecular formula is C20H15NO3S. The van der Waals surface area contributed by atoms with Gasteiger partial charge < -0.3 is 13.9 Å². The average molecular weight is 349 g/mol. The summed E-state index contributed by atoms with van der Waals surface area (Å²) in [5.41, 5.74) is 2.79. The zero-order chi connectivity index (χ0) is 17.1. The van der Waals surface area contributed by atoms with Crippen molar-refractivity contribution in [1.82, 2.24) is 4.40 Å². The van der Waals surface area contributed by atoms with Gasteiger partial charge in [0.15, 0.2) is 5.58 Å². The van der Waals surface area contributed by atoms with Crippen LogP contribution in [0.15, 0.2) is 51.8 Å². The van der Waals surface area contributed by atoms with Gasteiger partial charge in [-0.25, -0.2) is 0 Å². The largest absolute Gasteiger partial charge is 0.508 e. The molecule has 0 fully saturated rings. The number of aromatic hydroxyl groups is 1. The Hall–Kier alpha value is -2.79. The topological polar surface area (TPSA) is 54.9 Å². The summed E-state index contributed by atoms with van der Waals surface area (Å²) in [6.45, 7) is 2.05. The van der Waals surface area contributed by atoms with Crippen LogP contribution in [0.3, 0.4) is 0 Å². The van der Waals surface area contributed by atoms with Crippen molar-refractivity contribution in [2.24, 2.45) is 0 Å². The zero-order valence-corrected chi connectivity index (χ0v) is 14.4. The van der Waals surface area contributed by atoms with Crippen molar-refractivity contribution >= 4 is 48.3 Å². The van der Waals surface area contributed by atoms with E-state index in [0.29, 0.717) is 21.9 Å². The smallest absolute Gasteiger partial charge is 0.203 e. The molecule has 0 unspecified atom stereocenters. The first-order valence-corrected chi connectivity index (χ1v) is 9.10. The van der Waals surface area contributed by atoms with Gasteiger partial charge in [0.2, 0.25) is 5.43 Å². The number of nitrogens with zero attached hydrogens (tertiary/aromatic N) is 1. The van der Waals surface area contributed by atoms with E-state index in [4.69, 9.17) is 4.42 Å². The number of phenolic OH excluding ortho intramolecular Hbond substituents is 1. The minimum absolute atomic E-state index is 0.0392. The molecule has 5 aromatic rings. The second kappa shape index (κ2) is 5.10. The maximum Gasteiger partial charge on any atom is 0.203 e. The Kier molecular flexibility index (Phi) is 2.97. The van der Waals surface area contributed by atoms with Crippen LogP contribution in [0, 0.1) is 0 Å². The van der Waals surface area contributed by atoms with E-state index in [9.17, 15) is 9.90 Å². The van der Waals surface area contributed by atoms with Gasteiger partial charge in [-0.3, -0.25) is 4.79 Å². The van der Waals surface area contributed by atoms with Gasteiger partial charge in [-0.15, -0.1) is 11.3 Å². The number of hydrogen-bond acceptors (Lipinski definition) is 4. The molecule has 0 aliphatic rings. The van der Waals surface area contributed by atoms with Crippen molar-refractivity contribution < 1.29 is 9.52 Å². The molecule has 2 aromatic carbocycles. The fourth-order valence-corrected chi connectivity index (χ4v) is 4.65. The zero-order valence-electron chi connectivity index (χ0n) is 13.6. The minimum atomic E-state index is -0.0392. The lowest BCUT2D eigenvalue weighted by atomic mass is 10.1. The molecule has 124 valence electrons. The Bertz CT molecular complexity index is 1340. The number of phenols is 1. The molecule has 0 radical (unpaired) electrons. The van der Waals surface area contributed by atoms with Gasteiger partial charge in [0.05, 0.1) is 21.8 Å². The first kappa shape index (κ1) is 14.5. The van der Waals surface area contributed by atoms with Crippen LogP contribution in [-0.4, -0.2) is 9.51 Å². The van der Waals surface area contributed by atoms with Crippen molar-refractivity contribution in [1.29, 1.82) is 0 Å². The van der Waals surface area contributed by atoms with E-state index in [1.165, 1.54) is 0 Å². The van der Waals surface area contributed by atoms with E-state index in [-0.39, 0.29) is 11.2 Å². The van der Waals surface area contributed by atoms with Crippen molar-refractivity contribution in [3.8, 4) is 5.75 Å². The summed E-state index contributed by atoms with van der Waals surface area (Å²) >= 11 is 1.59. The Morgan fingerprint density at radius 3 is 2.88 bits per heavy atom. The predicted octanol–water partition coefficient (Wildman–Crippen LogP) is 5.07. The van der Waals surface area contributed by atoms with Gasteiger partial charge in [-0.1, -0.05) is 25.5 Å². The maximum atomic E-state index is 13.2. The first-order valence-electron chi connectivity index (χ1n) is 8.28. The second-order valence-corrected chi connectivity index (χ2v) is 7.30. The third-order valence-electron chi connectivity index (χ3n) is 4.65. The summed E-state index contributed by atoms with van der Waals surface area (Å²) in [4.78, 5) is 14.1. The number of aromatic nitrogens is 1. The number of benzene rings is 2. The molecule has 0 atom stereocenters. The fraction of sp³-hybridized carbons (Fsp3) is 0.150. The number of rotatable bonds is 2. The molecule has 0 aliphatic carbocycles. The average Bonchev–Trinajstić information content (AvgIpc) is 3.12. The molecule has 25 heavy (non-hydrogen) atoms. The monoisotopic (exact) mass is 349 g/mol. The van der Waals surface area contributed by atoms with Crippen LogP contribution in [0.25, 0.3) is 37.0 Å². The molecule has 0 spiro atoms. The highest BCUT2D eigenvalue weighted by Crippen LogP contribution is 2.34. The van der Waals surface area contributed by atoms with Crippen molar-refractivity contribution in [2.45, 2.75) is 19.8 Å². The Balaban J connectivity index is 1.95. The van der Waals surface area contributed by atoms with E-state index in [1.54, 1.807) is 23.5 Å². The number of fused-ring (bicyclic) bond motifs is 6. The molecule has 0 bridgehead atoms. The van der Waals surface area contributed by atoms with E-state index >= 15 is 0 Å². The van der Waals surface area contributed by atoms with E-state index < -0.39 is 0 Å². The summed E-state index contributed by atoms with van der Waals surface area (Å²) in [6.07, 6.45) is 3.49. The third kappa shape index (κ3) is 1.96. The van der Waals surface area contributed by atoms with E-state index in [0.717, 1.165) is 33.5 Å². The lowest BCUT2D eigenvalue weighted by Crippen LogP contribution is -2.01. The molecule has 5 heteroatoms. The molecule has 3 aromatic heterocycles. The van der Waals surface area contributed by atoms with Crippen molar-refractivity contribution in [3.05, 3.63) is 58.4 Å². The van der Waals surface area contributed by atoms with Gasteiger partial charge in [0.1, 0.15) is 21.5 Å². The van der Waals surface area contributed by atoms with E-state index in [1.807, 2.05) is 35.7 Å². The molecule has 0 saturated carbocycles. The molecule has 4 nitrogen and oxygen atoms in total. The van der Waals surface area contributed by atoms with Crippen LogP contribution < -0.4 is 5.43 Å². The van der Waals surface area contributed by atoms with Gasteiger partial charge in [-0.2, -0.15) is 0 Å². The van der Waals surface area contributed by atoms with Crippen LogP contribution in [-0.2, 0) is 6.42 Å². The molecular weight excluding hydrogens is 334 g/mol. The molecule has 0 amide bonds. The molecule has 3 heterocycles. The quantitative estimate of drug-likeness (QED) is 0.484. The highest BCUT2D eigenvalue weighted by Gasteiger charge is 2.17. The van der Waals surface area contributed by atoms with Crippen LogP contribution in [0.5, 0.6) is 5.75 Å². The second-order valence-electron chi connectivity index (χ2n) is 6.27. The summed E-state index contributed by atoms with van der Waals surface area (Å²) in [5.74, 6) is 0.184. The van der Waals surface area contributed by atoms with Crippen LogP contribution in [0.4, 0.5) is 0 Å². The SMILES string of the molecule is CCCc1cc2c(=O)c3c(cn4c5ccccc5sc34)oc2cc1O. The van der Waals surface area contributed by atoms with Gasteiger partial charge in [0.25, 0.3) is 0 Å². The number of thiazole rings is 1. The summed E-state index contributed by atoms with van der Waals surface area (Å²) in [5, 5.41) is 11.3. The van der Waals surface area contributed by atoms with Crippen molar-refractivity contribution in [3.63, 3.8) is 0 Å². The molecule has 0 saturated heterocycles. The summed E-state index contributed by atoms with van der Waals surface area (Å²) < 4.78 is 9.11. The molecule has 0 aliphatic heterocycles. The number of para-hydroxylation sites is 1. The van der Waals surface area contributed by atoms with Crippen LogP contribution in [0.1, 0.15) is 18.9 Å². The number of aryl methyl sites for hydroxylation is 1. The Morgan fingerprint density at radius 2 is 2.04 bits per heavy atom.